The molecule has 0 heterocycles. The molecule has 72 valence electrons. The van der Waals surface area contributed by atoms with E-state index in [2.05, 4.69) is 0 Å². The Kier molecular flexibility index (Phi) is 2.97. The van der Waals surface area contributed by atoms with Gasteiger partial charge in [0.05, 0.1) is 20.8 Å². The molecule has 1 aromatic carbocycles. The second-order valence-corrected chi connectivity index (χ2v) is 2.50. The van der Waals surface area contributed by atoms with Crippen molar-refractivity contribution in [3.63, 3.8) is 0 Å². The Morgan fingerprint density at radius 3 is 2.38 bits per heavy atom. The maximum atomic E-state index is 9.23. The topological polar surface area (TPSA) is 58.9 Å². The number of hydrogen-bond acceptors (Lipinski definition) is 4. The average molecular weight is 184 g/mol. The molecular weight excluding hydrogens is 172 g/mol. The highest BCUT2D eigenvalue weighted by Crippen LogP contribution is 2.34. The quantitative estimate of drug-likeness (QED) is 0.732. The maximum absolute atomic E-state index is 9.23. The van der Waals surface area contributed by atoms with Crippen LogP contribution in [0.1, 0.15) is 5.56 Å². The van der Waals surface area contributed by atoms with Crippen LogP contribution in [0, 0.1) is 0 Å². The van der Waals surface area contributed by atoms with Gasteiger partial charge >= 0.3 is 0 Å². The summed E-state index contributed by atoms with van der Waals surface area (Å²) in [4.78, 5) is 0. The summed E-state index contributed by atoms with van der Waals surface area (Å²) in [5.74, 6) is 0.899. The van der Waals surface area contributed by atoms with Crippen molar-refractivity contribution in [1.29, 1.82) is 0 Å². The predicted molar refractivity (Wildman–Crippen MR) is 47.1 cm³/mol. The summed E-state index contributed by atoms with van der Waals surface area (Å²) in [6.45, 7) is -0.200. The molecule has 0 atom stereocenters. The molecule has 13 heavy (non-hydrogen) atoms. The van der Waals surface area contributed by atoms with Crippen molar-refractivity contribution in [3.05, 3.63) is 17.7 Å². The summed E-state index contributed by atoms with van der Waals surface area (Å²) in [7, 11) is 2.95. The number of rotatable bonds is 3. The van der Waals surface area contributed by atoms with Gasteiger partial charge in [0.1, 0.15) is 5.75 Å². The van der Waals surface area contributed by atoms with Crippen molar-refractivity contribution in [2.45, 2.75) is 6.61 Å². The lowest BCUT2D eigenvalue weighted by Gasteiger charge is -2.11. The van der Waals surface area contributed by atoms with E-state index < -0.39 is 0 Å². The Labute approximate surface area is 76.3 Å². The maximum Gasteiger partial charge on any atom is 0.166 e. The third kappa shape index (κ3) is 1.84. The van der Waals surface area contributed by atoms with E-state index >= 15 is 0 Å². The van der Waals surface area contributed by atoms with E-state index in [4.69, 9.17) is 14.6 Å². The molecule has 4 heteroatoms. The van der Waals surface area contributed by atoms with E-state index in [0.29, 0.717) is 17.1 Å². The fourth-order valence-corrected chi connectivity index (χ4v) is 1.14. The normalized spacial score (nSPS) is 9.77. The summed E-state index contributed by atoms with van der Waals surface area (Å²) in [5, 5.41) is 18.2. The Morgan fingerprint density at radius 2 is 1.92 bits per heavy atom. The van der Waals surface area contributed by atoms with Gasteiger partial charge in [0, 0.05) is 11.6 Å². The van der Waals surface area contributed by atoms with Crippen LogP contribution in [0.15, 0.2) is 12.1 Å². The third-order valence-corrected chi connectivity index (χ3v) is 1.71. The Hall–Kier alpha value is -1.42. The van der Waals surface area contributed by atoms with Gasteiger partial charge in [-0.3, -0.25) is 0 Å². The predicted octanol–water partition coefficient (Wildman–Crippen LogP) is 0.902. The highest BCUT2D eigenvalue weighted by Gasteiger charge is 2.10. The van der Waals surface area contributed by atoms with Crippen molar-refractivity contribution in [3.8, 4) is 17.2 Å². The van der Waals surface area contributed by atoms with Gasteiger partial charge in [0.2, 0.25) is 0 Å². The molecule has 0 unspecified atom stereocenters. The summed E-state index contributed by atoms with van der Waals surface area (Å²) in [6, 6.07) is 2.86. The molecule has 1 rings (SSSR count). The van der Waals surface area contributed by atoms with E-state index in [0.717, 1.165) is 0 Å². The van der Waals surface area contributed by atoms with Crippen LogP contribution in [0.25, 0.3) is 0 Å². The summed E-state index contributed by atoms with van der Waals surface area (Å²) in [6.07, 6.45) is 0. The number of benzene rings is 1. The van der Waals surface area contributed by atoms with Crippen molar-refractivity contribution in [2.24, 2.45) is 0 Å². The standard InChI is InChI=1S/C9H12O4/c1-12-8-4-7(11)3-6(5-10)9(8)13-2/h3-4,10-11H,5H2,1-2H3. The third-order valence-electron chi connectivity index (χ3n) is 1.71. The van der Waals surface area contributed by atoms with Gasteiger partial charge in [-0.25, -0.2) is 0 Å². The molecule has 0 spiro atoms. The highest BCUT2D eigenvalue weighted by molar-refractivity contribution is 5.51. The summed E-state index contributed by atoms with van der Waals surface area (Å²) in [5.41, 5.74) is 0.499. The van der Waals surface area contributed by atoms with Crippen molar-refractivity contribution in [1.82, 2.24) is 0 Å². The minimum absolute atomic E-state index is 0.0432. The van der Waals surface area contributed by atoms with Crippen LogP contribution in [-0.4, -0.2) is 24.4 Å². The van der Waals surface area contributed by atoms with Crippen LogP contribution < -0.4 is 9.47 Å². The minimum Gasteiger partial charge on any atom is -0.508 e. The highest BCUT2D eigenvalue weighted by atomic mass is 16.5. The Bertz CT molecular complexity index is 271. The second-order valence-electron chi connectivity index (χ2n) is 2.50. The molecule has 0 fully saturated rings. The number of aromatic hydroxyl groups is 1. The zero-order chi connectivity index (χ0) is 9.84. The number of phenols is 1. The number of ether oxygens (including phenoxy) is 2. The lowest BCUT2D eigenvalue weighted by molar-refractivity contribution is 0.268. The number of hydrogen-bond donors (Lipinski definition) is 2. The Morgan fingerprint density at radius 1 is 1.23 bits per heavy atom. The smallest absolute Gasteiger partial charge is 0.166 e. The van der Waals surface area contributed by atoms with Gasteiger partial charge in [0.15, 0.2) is 11.5 Å². The zero-order valence-corrected chi connectivity index (χ0v) is 7.57. The fourth-order valence-electron chi connectivity index (χ4n) is 1.14. The molecule has 0 aliphatic carbocycles. The van der Waals surface area contributed by atoms with E-state index in [1.54, 1.807) is 0 Å². The van der Waals surface area contributed by atoms with Gasteiger partial charge in [-0.15, -0.1) is 0 Å². The van der Waals surface area contributed by atoms with Crippen molar-refractivity contribution >= 4 is 0 Å². The molecular formula is C9H12O4. The summed E-state index contributed by atoms with van der Waals surface area (Å²) < 4.78 is 9.98. The van der Waals surface area contributed by atoms with Crippen LogP contribution in [-0.2, 0) is 6.61 Å². The molecule has 0 saturated carbocycles. The molecule has 0 radical (unpaired) electrons. The number of phenolic OH excluding ortho intramolecular Hbond substituents is 1. The molecule has 0 bridgehead atoms. The summed E-state index contributed by atoms with van der Waals surface area (Å²) >= 11 is 0. The second kappa shape index (κ2) is 4.00. The van der Waals surface area contributed by atoms with Crippen LogP contribution in [0.5, 0.6) is 17.2 Å². The SMILES string of the molecule is COc1cc(O)cc(CO)c1OC. The molecule has 0 aliphatic rings. The van der Waals surface area contributed by atoms with Gasteiger partial charge < -0.3 is 19.7 Å². The van der Waals surface area contributed by atoms with Crippen LogP contribution >= 0.6 is 0 Å². The van der Waals surface area contributed by atoms with Gasteiger partial charge in [-0.05, 0) is 6.07 Å². The monoisotopic (exact) mass is 184 g/mol. The van der Waals surface area contributed by atoms with E-state index in [-0.39, 0.29) is 12.4 Å². The van der Waals surface area contributed by atoms with E-state index in [1.807, 2.05) is 0 Å². The van der Waals surface area contributed by atoms with Crippen LogP contribution in [0.4, 0.5) is 0 Å². The van der Waals surface area contributed by atoms with E-state index in [1.165, 1.54) is 26.4 Å². The average Bonchev–Trinajstić information content (AvgIpc) is 2.16. The first-order chi connectivity index (χ1) is 6.22. The van der Waals surface area contributed by atoms with Gasteiger partial charge in [-0.2, -0.15) is 0 Å². The van der Waals surface area contributed by atoms with Gasteiger partial charge in [-0.1, -0.05) is 0 Å². The lowest BCUT2D eigenvalue weighted by atomic mass is 10.2. The van der Waals surface area contributed by atoms with E-state index in [9.17, 15) is 5.11 Å². The largest absolute Gasteiger partial charge is 0.508 e. The number of aliphatic hydroxyl groups excluding tert-OH is 1. The molecule has 0 saturated heterocycles. The number of aliphatic hydroxyl groups is 1. The fraction of sp³-hybridized carbons (Fsp3) is 0.333. The Balaban J connectivity index is 3.25. The molecule has 1 aromatic rings. The molecule has 2 N–H and O–H groups in total. The van der Waals surface area contributed by atoms with Crippen LogP contribution in [0.3, 0.4) is 0 Å². The number of methoxy groups -OCH3 is 2. The van der Waals surface area contributed by atoms with Gasteiger partial charge in [0.25, 0.3) is 0 Å². The first kappa shape index (κ1) is 9.67. The minimum atomic E-state index is -0.200. The molecule has 0 aromatic heterocycles. The van der Waals surface area contributed by atoms with Crippen molar-refractivity contribution in [2.75, 3.05) is 14.2 Å². The van der Waals surface area contributed by atoms with Crippen LogP contribution in [0.2, 0.25) is 0 Å². The first-order valence-corrected chi connectivity index (χ1v) is 3.77. The molecule has 0 aliphatic heterocycles. The zero-order valence-electron chi connectivity index (χ0n) is 7.57. The first-order valence-electron chi connectivity index (χ1n) is 3.77. The lowest BCUT2D eigenvalue weighted by Crippen LogP contribution is -1.95. The van der Waals surface area contributed by atoms with Crippen molar-refractivity contribution < 1.29 is 19.7 Å². The molecule has 4 nitrogen and oxygen atoms in total. The molecule has 0 amide bonds.